The van der Waals surface area contributed by atoms with E-state index < -0.39 is 0 Å². The highest BCUT2D eigenvalue weighted by Crippen LogP contribution is 2.03. The molecule has 1 aliphatic heterocycles. The van der Waals surface area contributed by atoms with Crippen LogP contribution in [0.1, 0.15) is 19.8 Å². The van der Waals surface area contributed by atoms with Gasteiger partial charge >= 0.3 is 0 Å². The smallest absolute Gasteiger partial charge is 0.237 e. The lowest BCUT2D eigenvalue weighted by molar-refractivity contribution is -0.124. The Hall–Kier alpha value is -1.08. The average molecular weight is 167 g/mol. The Bertz CT molecular complexity index is 209. The van der Waals surface area contributed by atoms with E-state index in [-0.39, 0.29) is 18.0 Å². The van der Waals surface area contributed by atoms with Crippen molar-refractivity contribution in [1.82, 2.24) is 10.6 Å². The summed E-state index contributed by atoms with van der Waals surface area (Å²) in [6.07, 6.45) is 1.82. The fraction of sp³-hybridized carbons (Fsp3) is 0.750. The Balaban J connectivity index is 2.40. The molecule has 66 valence electrons. The van der Waals surface area contributed by atoms with Crippen LogP contribution in [0.2, 0.25) is 0 Å². The zero-order valence-electron chi connectivity index (χ0n) is 7.13. The molecular formula is C8H13N3O. The van der Waals surface area contributed by atoms with Crippen molar-refractivity contribution in [3.63, 3.8) is 0 Å². The zero-order chi connectivity index (χ0) is 8.97. The third-order valence-corrected chi connectivity index (χ3v) is 1.93. The molecule has 4 heteroatoms. The highest BCUT2D eigenvalue weighted by Gasteiger charge is 2.22. The first kappa shape index (κ1) is 9.01. The van der Waals surface area contributed by atoms with E-state index in [4.69, 9.17) is 5.26 Å². The molecule has 2 unspecified atom stereocenters. The summed E-state index contributed by atoms with van der Waals surface area (Å²) >= 11 is 0. The van der Waals surface area contributed by atoms with Crippen LogP contribution in [0.4, 0.5) is 0 Å². The highest BCUT2D eigenvalue weighted by atomic mass is 16.2. The van der Waals surface area contributed by atoms with E-state index in [0.717, 1.165) is 19.4 Å². The number of nitrogens with zero attached hydrogens (tertiary/aromatic N) is 1. The Morgan fingerprint density at radius 2 is 2.58 bits per heavy atom. The van der Waals surface area contributed by atoms with Gasteiger partial charge in [0.15, 0.2) is 0 Å². The largest absolute Gasteiger partial charge is 0.355 e. The summed E-state index contributed by atoms with van der Waals surface area (Å²) in [4.78, 5) is 11.2. The molecule has 1 amide bonds. The molecule has 1 fully saturated rings. The first-order valence-corrected chi connectivity index (χ1v) is 4.17. The van der Waals surface area contributed by atoms with Crippen LogP contribution in [0.15, 0.2) is 0 Å². The maximum atomic E-state index is 11.2. The minimum atomic E-state index is -0.251. The van der Waals surface area contributed by atoms with E-state index in [1.807, 2.05) is 6.07 Å². The molecule has 0 saturated carbocycles. The quantitative estimate of drug-likeness (QED) is 0.597. The fourth-order valence-electron chi connectivity index (χ4n) is 1.27. The predicted molar refractivity (Wildman–Crippen MR) is 44.2 cm³/mol. The number of amides is 1. The lowest BCUT2D eigenvalue weighted by Gasteiger charge is -2.23. The van der Waals surface area contributed by atoms with Gasteiger partial charge in [-0.1, -0.05) is 0 Å². The van der Waals surface area contributed by atoms with Crippen LogP contribution in [0.5, 0.6) is 0 Å². The van der Waals surface area contributed by atoms with Crippen LogP contribution >= 0.6 is 0 Å². The average Bonchev–Trinajstić information content (AvgIpc) is 2.09. The zero-order valence-corrected chi connectivity index (χ0v) is 7.13. The van der Waals surface area contributed by atoms with Gasteiger partial charge in [0.1, 0.15) is 0 Å². The second-order valence-electron chi connectivity index (χ2n) is 3.00. The number of nitriles is 1. The van der Waals surface area contributed by atoms with Crippen LogP contribution in [0.3, 0.4) is 0 Å². The topological polar surface area (TPSA) is 64.9 Å². The van der Waals surface area contributed by atoms with E-state index in [1.165, 1.54) is 0 Å². The molecule has 1 aliphatic rings. The summed E-state index contributed by atoms with van der Waals surface area (Å²) in [6, 6.07) is 1.62. The highest BCUT2D eigenvalue weighted by molar-refractivity contribution is 5.82. The molecule has 1 saturated heterocycles. The molecule has 12 heavy (non-hydrogen) atoms. The molecule has 1 heterocycles. The Morgan fingerprint density at radius 3 is 3.17 bits per heavy atom. The van der Waals surface area contributed by atoms with Gasteiger partial charge in [0.2, 0.25) is 5.91 Å². The number of carbonyl (C=O) groups is 1. The molecule has 2 N–H and O–H groups in total. The van der Waals surface area contributed by atoms with Crippen LogP contribution in [0, 0.1) is 11.3 Å². The number of piperidine rings is 1. The first-order chi connectivity index (χ1) is 5.74. The Kier molecular flexibility index (Phi) is 3.06. The van der Waals surface area contributed by atoms with Gasteiger partial charge in [0, 0.05) is 6.54 Å². The molecule has 0 spiro atoms. The Labute approximate surface area is 71.9 Å². The molecule has 0 aliphatic carbocycles. The SMILES string of the molecule is CC(C#N)NC1CCCNC1=O. The summed E-state index contributed by atoms with van der Waals surface area (Å²) < 4.78 is 0. The summed E-state index contributed by atoms with van der Waals surface area (Å²) in [7, 11) is 0. The molecule has 0 aromatic carbocycles. The summed E-state index contributed by atoms with van der Waals surface area (Å²) in [5, 5.41) is 14.2. The molecule has 4 nitrogen and oxygen atoms in total. The molecule has 0 radical (unpaired) electrons. The van der Waals surface area contributed by atoms with Gasteiger partial charge in [-0.2, -0.15) is 5.26 Å². The van der Waals surface area contributed by atoms with Gasteiger partial charge in [-0.05, 0) is 19.8 Å². The number of hydrogen-bond acceptors (Lipinski definition) is 3. The van der Waals surface area contributed by atoms with Crippen molar-refractivity contribution >= 4 is 5.91 Å². The van der Waals surface area contributed by atoms with Crippen LogP contribution in [-0.4, -0.2) is 24.5 Å². The summed E-state index contributed by atoms with van der Waals surface area (Å²) in [6.45, 7) is 2.51. The van der Waals surface area contributed by atoms with Crippen molar-refractivity contribution in [1.29, 1.82) is 5.26 Å². The lowest BCUT2D eigenvalue weighted by Crippen LogP contribution is -2.50. The van der Waals surface area contributed by atoms with E-state index >= 15 is 0 Å². The van der Waals surface area contributed by atoms with Crippen molar-refractivity contribution < 1.29 is 4.79 Å². The number of carbonyl (C=O) groups excluding carboxylic acids is 1. The van der Waals surface area contributed by atoms with Crippen molar-refractivity contribution in [2.24, 2.45) is 0 Å². The number of nitrogens with one attached hydrogen (secondary N) is 2. The second-order valence-corrected chi connectivity index (χ2v) is 3.00. The van der Waals surface area contributed by atoms with Gasteiger partial charge < -0.3 is 5.32 Å². The standard InChI is InChI=1S/C8H13N3O/c1-6(5-9)11-7-3-2-4-10-8(7)12/h6-7,11H,2-4H2,1H3,(H,10,12). The van der Waals surface area contributed by atoms with Crippen molar-refractivity contribution in [2.45, 2.75) is 31.8 Å². The van der Waals surface area contributed by atoms with Gasteiger partial charge in [-0.25, -0.2) is 0 Å². The summed E-state index contributed by atoms with van der Waals surface area (Å²) in [5.74, 6) is 0.0170. The Morgan fingerprint density at radius 1 is 1.83 bits per heavy atom. The van der Waals surface area contributed by atoms with Gasteiger partial charge in [-0.15, -0.1) is 0 Å². The molecule has 1 rings (SSSR count). The molecule has 0 aromatic heterocycles. The van der Waals surface area contributed by atoms with E-state index in [9.17, 15) is 4.79 Å². The summed E-state index contributed by atoms with van der Waals surface area (Å²) in [5.41, 5.74) is 0. The maximum Gasteiger partial charge on any atom is 0.237 e. The first-order valence-electron chi connectivity index (χ1n) is 4.17. The van der Waals surface area contributed by atoms with Crippen LogP contribution < -0.4 is 10.6 Å². The molecule has 0 aromatic rings. The fourth-order valence-corrected chi connectivity index (χ4v) is 1.27. The van der Waals surface area contributed by atoms with Crippen LogP contribution in [-0.2, 0) is 4.79 Å². The van der Waals surface area contributed by atoms with E-state index in [0.29, 0.717) is 0 Å². The predicted octanol–water partition coefficient (Wildman–Crippen LogP) is -0.233. The molecule has 0 bridgehead atoms. The van der Waals surface area contributed by atoms with Crippen molar-refractivity contribution in [3.8, 4) is 6.07 Å². The van der Waals surface area contributed by atoms with Gasteiger partial charge in [-0.3, -0.25) is 10.1 Å². The van der Waals surface area contributed by atoms with Gasteiger partial charge in [0.05, 0.1) is 18.2 Å². The number of hydrogen-bond donors (Lipinski definition) is 2. The third-order valence-electron chi connectivity index (χ3n) is 1.93. The number of rotatable bonds is 2. The lowest BCUT2D eigenvalue weighted by atomic mass is 10.1. The third kappa shape index (κ3) is 2.21. The van der Waals surface area contributed by atoms with E-state index in [1.54, 1.807) is 6.92 Å². The molecular weight excluding hydrogens is 154 g/mol. The maximum absolute atomic E-state index is 11.2. The second kappa shape index (κ2) is 4.07. The van der Waals surface area contributed by atoms with Crippen LogP contribution in [0.25, 0.3) is 0 Å². The van der Waals surface area contributed by atoms with Crippen molar-refractivity contribution in [3.05, 3.63) is 0 Å². The van der Waals surface area contributed by atoms with E-state index in [2.05, 4.69) is 10.6 Å². The normalized spacial score (nSPS) is 25.7. The van der Waals surface area contributed by atoms with Crippen molar-refractivity contribution in [2.75, 3.05) is 6.54 Å². The monoisotopic (exact) mass is 167 g/mol. The van der Waals surface area contributed by atoms with Gasteiger partial charge in [0.25, 0.3) is 0 Å². The molecule has 2 atom stereocenters. The minimum Gasteiger partial charge on any atom is -0.355 e. The minimum absolute atomic E-state index is 0.0170.